The van der Waals surface area contributed by atoms with Crippen molar-refractivity contribution in [3.05, 3.63) is 41.6 Å². The number of halogens is 1. The molecule has 178 valence electrons. The summed E-state index contributed by atoms with van der Waals surface area (Å²) >= 11 is 6.28. The maximum absolute atomic E-state index is 13.4. The van der Waals surface area contributed by atoms with Crippen molar-refractivity contribution in [3.63, 3.8) is 0 Å². The van der Waals surface area contributed by atoms with Crippen LogP contribution in [0.5, 0.6) is 0 Å². The lowest BCUT2D eigenvalue weighted by Crippen LogP contribution is -2.62. The number of urea groups is 1. The predicted molar refractivity (Wildman–Crippen MR) is 136 cm³/mol. The summed E-state index contributed by atoms with van der Waals surface area (Å²) in [6.45, 7) is 3.20. The van der Waals surface area contributed by atoms with Crippen LogP contribution >= 0.6 is 11.6 Å². The van der Waals surface area contributed by atoms with Gasteiger partial charge in [0.1, 0.15) is 0 Å². The van der Waals surface area contributed by atoms with E-state index < -0.39 is 0 Å². The van der Waals surface area contributed by atoms with Gasteiger partial charge in [0.2, 0.25) is 0 Å². The van der Waals surface area contributed by atoms with E-state index in [1.165, 1.54) is 38.5 Å². The molecule has 6 nitrogen and oxygen atoms in total. The van der Waals surface area contributed by atoms with E-state index >= 15 is 0 Å². The van der Waals surface area contributed by atoms with Crippen LogP contribution < -0.4 is 10.2 Å². The zero-order chi connectivity index (χ0) is 22.9. The van der Waals surface area contributed by atoms with Gasteiger partial charge in [-0.05, 0) is 93.0 Å². The number of rotatable bonds is 2. The monoisotopic (exact) mass is 477 g/mol. The number of anilines is 1. The quantitative estimate of drug-likeness (QED) is 0.542. The van der Waals surface area contributed by atoms with E-state index in [9.17, 15) is 4.79 Å². The Morgan fingerprint density at radius 3 is 2.50 bits per heavy atom. The van der Waals surface area contributed by atoms with Crippen LogP contribution in [0.1, 0.15) is 44.9 Å². The molecule has 1 saturated heterocycles. The first kappa shape index (κ1) is 20.9. The molecule has 5 aliphatic rings. The van der Waals surface area contributed by atoms with Crippen LogP contribution in [0.15, 0.2) is 36.5 Å². The van der Waals surface area contributed by atoms with Crippen LogP contribution in [0.4, 0.5) is 10.6 Å². The van der Waals surface area contributed by atoms with Crippen molar-refractivity contribution >= 4 is 40.0 Å². The smallest absolute Gasteiger partial charge is 0.317 e. The van der Waals surface area contributed by atoms with Crippen molar-refractivity contribution in [2.45, 2.75) is 50.5 Å². The molecule has 0 atom stereocenters. The number of fused-ring (bicyclic) bond motifs is 3. The summed E-state index contributed by atoms with van der Waals surface area (Å²) in [6.07, 6.45) is 10.8. The van der Waals surface area contributed by atoms with Gasteiger partial charge in [-0.25, -0.2) is 9.78 Å². The van der Waals surface area contributed by atoms with Crippen LogP contribution in [0, 0.1) is 17.8 Å². The maximum Gasteiger partial charge on any atom is 0.317 e. The zero-order valence-electron chi connectivity index (χ0n) is 19.5. The fourth-order valence-electron chi connectivity index (χ4n) is 7.87. The number of hydrogen-bond donors (Lipinski definition) is 1. The molecule has 4 bridgehead atoms. The van der Waals surface area contributed by atoms with Crippen molar-refractivity contribution in [1.29, 1.82) is 0 Å². The summed E-state index contributed by atoms with van der Waals surface area (Å²) in [5.74, 6) is 3.48. The summed E-state index contributed by atoms with van der Waals surface area (Å²) < 4.78 is 2.19. The Bertz CT molecular complexity index is 1230. The van der Waals surface area contributed by atoms with Crippen LogP contribution in [0.2, 0.25) is 5.02 Å². The van der Waals surface area contributed by atoms with E-state index in [1.807, 2.05) is 23.1 Å². The number of nitrogens with one attached hydrogen (secondary N) is 1. The second-order valence-electron chi connectivity index (χ2n) is 11.3. The standard InChI is InChI=1S/C27H32ClN5O/c28-21-4-5-23-22(14-21)29-25(24-3-1-8-33(23)24)31-6-2-7-32(10-9-31)26(34)30-27-15-18-11-19(16-27)13-20(12-18)17-27/h1,3-5,8,14,18-20H,2,6-7,9-13,15-17H2,(H,30,34). The summed E-state index contributed by atoms with van der Waals surface area (Å²) in [6, 6.07) is 10.2. The van der Waals surface area contributed by atoms with Gasteiger partial charge < -0.3 is 19.5 Å². The molecule has 4 aliphatic carbocycles. The van der Waals surface area contributed by atoms with Gasteiger partial charge in [-0.2, -0.15) is 0 Å². The molecule has 1 aromatic carbocycles. The molecule has 1 aliphatic heterocycles. The Kier molecular flexibility index (Phi) is 4.77. The maximum atomic E-state index is 13.4. The molecule has 34 heavy (non-hydrogen) atoms. The van der Waals surface area contributed by atoms with Gasteiger partial charge in [0, 0.05) is 42.9 Å². The van der Waals surface area contributed by atoms with E-state index in [0.717, 1.165) is 72.7 Å². The number of carbonyl (C=O) groups is 1. The zero-order valence-corrected chi connectivity index (χ0v) is 20.3. The molecule has 5 fully saturated rings. The van der Waals surface area contributed by atoms with Crippen molar-refractivity contribution < 1.29 is 4.79 Å². The van der Waals surface area contributed by atoms with Gasteiger partial charge in [-0.15, -0.1) is 0 Å². The van der Waals surface area contributed by atoms with Crippen LogP contribution in [-0.4, -0.2) is 52.0 Å². The van der Waals surface area contributed by atoms with Crippen molar-refractivity contribution in [1.82, 2.24) is 19.6 Å². The minimum Gasteiger partial charge on any atom is -0.353 e. The Morgan fingerprint density at radius 1 is 0.971 bits per heavy atom. The molecular formula is C27H32ClN5O. The largest absolute Gasteiger partial charge is 0.353 e. The third-order valence-electron chi connectivity index (χ3n) is 8.89. The highest BCUT2D eigenvalue weighted by Gasteiger charge is 2.51. The van der Waals surface area contributed by atoms with Crippen LogP contribution in [-0.2, 0) is 0 Å². The molecule has 8 rings (SSSR count). The Labute approximate surface area is 205 Å². The number of hydrogen-bond acceptors (Lipinski definition) is 3. The molecule has 0 radical (unpaired) electrons. The SMILES string of the molecule is O=C(NC12CC3CC(CC(C3)C1)C2)N1CCCN(c2nc3cc(Cl)ccc3n3cccc23)CC1. The highest BCUT2D eigenvalue weighted by atomic mass is 35.5. The molecule has 3 aromatic rings. The molecule has 7 heteroatoms. The minimum absolute atomic E-state index is 0.0646. The Balaban J connectivity index is 1.10. The number of amides is 2. The van der Waals surface area contributed by atoms with Gasteiger partial charge >= 0.3 is 6.03 Å². The summed E-state index contributed by atoms with van der Waals surface area (Å²) in [4.78, 5) is 22.8. The van der Waals surface area contributed by atoms with E-state index in [2.05, 4.69) is 32.9 Å². The Morgan fingerprint density at radius 2 is 1.74 bits per heavy atom. The molecule has 2 amide bonds. The van der Waals surface area contributed by atoms with E-state index in [1.54, 1.807) is 0 Å². The number of aromatic nitrogens is 2. The lowest BCUT2D eigenvalue weighted by molar-refractivity contribution is -0.0155. The average molecular weight is 478 g/mol. The lowest BCUT2D eigenvalue weighted by atomic mass is 9.53. The first-order valence-electron chi connectivity index (χ1n) is 12.9. The minimum atomic E-state index is 0.0646. The molecule has 0 spiro atoms. The molecule has 4 saturated carbocycles. The molecular weight excluding hydrogens is 446 g/mol. The third kappa shape index (κ3) is 3.44. The second kappa shape index (κ2) is 7.77. The molecule has 2 aromatic heterocycles. The third-order valence-corrected chi connectivity index (χ3v) is 9.13. The van der Waals surface area contributed by atoms with Crippen molar-refractivity contribution in [2.75, 3.05) is 31.1 Å². The summed E-state index contributed by atoms with van der Waals surface area (Å²) in [5, 5.41) is 4.26. The fourth-order valence-corrected chi connectivity index (χ4v) is 8.04. The highest BCUT2D eigenvalue weighted by Crippen LogP contribution is 2.55. The molecule has 3 heterocycles. The van der Waals surface area contributed by atoms with Gasteiger partial charge in [-0.3, -0.25) is 0 Å². The lowest BCUT2D eigenvalue weighted by Gasteiger charge is -2.57. The predicted octanol–water partition coefficient (Wildman–Crippen LogP) is 5.33. The van der Waals surface area contributed by atoms with Gasteiger partial charge in [0.25, 0.3) is 0 Å². The van der Waals surface area contributed by atoms with E-state index in [-0.39, 0.29) is 11.6 Å². The number of carbonyl (C=O) groups excluding carboxylic acids is 1. The van der Waals surface area contributed by atoms with Gasteiger partial charge in [0.05, 0.1) is 16.6 Å². The summed E-state index contributed by atoms with van der Waals surface area (Å²) in [7, 11) is 0. The topological polar surface area (TPSA) is 52.9 Å². The normalized spacial score (nSPS) is 30.8. The van der Waals surface area contributed by atoms with Crippen LogP contribution in [0.3, 0.4) is 0 Å². The average Bonchev–Trinajstić information content (AvgIpc) is 3.15. The van der Waals surface area contributed by atoms with Crippen molar-refractivity contribution in [2.24, 2.45) is 17.8 Å². The molecule has 1 N–H and O–H groups in total. The van der Waals surface area contributed by atoms with Crippen molar-refractivity contribution in [3.8, 4) is 0 Å². The Hall–Kier alpha value is -2.47. The second-order valence-corrected chi connectivity index (χ2v) is 11.7. The summed E-state index contributed by atoms with van der Waals surface area (Å²) in [5.41, 5.74) is 3.11. The first-order chi connectivity index (χ1) is 16.6. The number of nitrogens with zero attached hydrogens (tertiary/aromatic N) is 4. The molecule has 0 unspecified atom stereocenters. The fraction of sp³-hybridized carbons (Fsp3) is 0.556. The number of benzene rings is 1. The van der Waals surface area contributed by atoms with E-state index in [0.29, 0.717) is 5.02 Å². The highest BCUT2D eigenvalue weighted by molar-refractivity contribution is 6.31. The van der Waals surface area contributed by atoms with Gasteiger partial charge in [-0.1, -0.05) is 11.6 Å². The van der Waals surface area contributed by atoms with Crippen LogP contribution in [0.25, 0.3) is 16.6 Å². The first-order valence-corrected chi connectivity index (χ1v) is 13.3. The van der Waals surface area contributed by atoms with Gasteiger partial charge in [0.15, 0.2) is 5.82 Å². The van der Waals surface area contributed by atoms with E-state index in [4.69, 9.17) is 16.6 Å².